The van der Waals surface area contributed by atoms with Crippen LogP contribution in [-0.2, 0) is 14.3 Å². The van der Waals surface area contributed by atoms with E-state index in [9.17, 15) is 4.79 Å². The summed E-state index contributed by atoms with van der Waals surface area (Å²) in [5.74, 6) is -0.166. The average Bonchev–Trinajstić information content (AvgIpc) is 2.35. The van der Waals surface area contributed by atoms with Gasteiger partial charge >= 0.3 is 0 Å². The van der Waals surface area contributed by atoms with Crippen LogP contribution in [0.1, 0.15) is 40.5 Å². The summed E-state index contributed by atoms with van der Waals surface area (Å²) < 4.78 is 11.3. The Hall–Kier alpha value is -1.07. The van der Waals surface area contributed by atoms with Crippen molar-refractivity contribution in [2.45, 2.75) is 46.8 Å². The maximum Gasteiger partial charge on any atom is 0.283 e. The number of ether oxygens (including phenoxy) is 2. The number of aliphatic hydroxyl groups is 1. The monoisotopic (exact) mass is 285 g/mol. The van der Waals surface area contributed by atoms with Crippen molar-refractivity contribution >= 4 is 5.91 Å². The highest BCUT2D eigenvalue weighted by atomic mass is 16.7. The quantitative estimate of drug-likeness (QED) is 0.779. The second kappa shape index (κ2) is 7.09. The first kappa shape index (κ1) is 17.0. The van der Waals surface area contributed by atoms with Gasteiger partial charge in [0.05, 0.1) is 0 Å². The summed E-state index contributed by atoms with van der Waals surface area (Å²) in [5, 5.41) is 9.07. The normalized spacial score (nSPS) is 26.9. The zero-order valence-corrected chi connectivity index (χ0v) is 12.9. The lowest BCUT2D eigenvalue weighted by Gasteiger charge is -2.42. The van der Waals surface area contributed by atoms with Crippen LogP contribution in [0.25, 0.3) is 0 Å². The zero-order valence-electron chi connectivity index (χ0n) is 12.9. The van der Waals surface area contributed by atoms with E-state index in [0.717, 1.165) is 6.42 Å². The molecule has 1 rings (SSSR count). The van der Waals surface area contributed by atoms with Gasteiger partial charge in [-0.25, -0.2) is 0 Å². The molecule has 3 N–H and O–H groups in total. The molecule has 1 amide bonds. The maximum atomic E-state index is 11.4. The molecule has 5 heteroatoms. The molecule has 3 atom stereocenters. The molecule has 5 nitrogen and oxygen atoms in total. The summed E-state index contributed by atoms with van der Waals surface area (Å²) in [4.78, 5) is 11.4. The van der Waals surface area contributed by atoms with Gasteiger partial charge < -0.3 is 20.3 Å². The van der Waals surface area contributed by atoms with Crippen molar-refractivity contribution in [1.82, 2.24) is 0 Å². The third kappa shape index (κ3) is 4.21. The van der Waals surface area contributed by atoms with Crippen LogP contribution in [0.5, 0.6) is 0 Å². The molecular formula is C15H27NO4. The lowest BCUT2D eigenvalue weighted by molar-refractivity contribution is -0.178. The van der Waals surface area contributed by atoms with Crippen molar-refractivity contribution in [3.63, 3.8) is 0 Å². The number of carbonyl (C=O) groups excluding carboxylic acids is 1. The molecule has 0 unspecified atom stereocenters. The first-order valence-corrected chi connectivity index (χ1v) is 7.22. The summed E-state index contributed by atoms with van der Waals surface area (Å²) in [6.45, 7) is 8.88. The lowest BCUT2D eigenvalue weighted by atomic mass is 9.70. The molecule has 0 saturated carbocycles. The Morgan fingerprint density at radius 2 is 2.15 bits per heavy atom. The van der Waals surface area contributed by atoms with Gasteiger partial charge in [-0.2, -0.15) is 0 Å². The second-order valence-electron chi connectivity index (χ2n) is 6.26. The highest BCUT2D eigenvalue weighted by molar-refractivity contribution is 5.90. The minimum Gasteiger partial charge on any atom is -0.459 e. The number of amides is 1. The lowest BCUT2D eigenvalue weighted by Crippen LogP contribution is -2.42. The topological polar surface area (TPSA) is 81.8 Å². The third-order valence-electron chi connectivity index (χ3n) is 3.65. The molecule has 0 saturated heterocycles. The van der Waals surface area contributed by atoms with Crippen LogP contribution < -0.4 is 5.73 Å². The third-order valence-corrected chi connectivity index (χ3v) is 3.65. The van der Waals surface area contributed by atoms with E-state index in [1.165, 1.54) is 0 Å². The van der Waals surface area contributed by atoms with Gasteiger partial charge in [0.15, 0.2) is 5.76 Å². The van der Waals surface area contributed by atoms with Crippen molar-refractivity contribution in [3.05, 3.63) is 11.8 Å². The number of rotatable bonds is 6. The Labute approximate surface area is 121 Å². The predicted molar refractivity (Wildman–Crippen MR) is 76.5 cm³/mol. The summed E-state index contributed by atoms with van der Waals surface area (Å²) in [7, 11) is 0. The van der Waals surface area contributed by atoms with Crippen LogP contribution >= 0.6 is 0 Å². The van der Waals surface area contributed by atoms with Crippen molar-refractivity contribution in [2.24, 2.45) is 23.0 Å². The summed E-state index contributed by atoms with van der Waals surface area (Å²) in [6, 6.07) is 0. The molecule has 1 heterocycles. The molecule has 116 valence electrons. The molecule has 0 bridgehead atoms. The summed E-state index contributed by atoms with van der Waals surface area (Å²) in [5.41, 5.74) is 5.31. The van der Waals surface area contributed by atoms with E-state index in [4.69, 9.17) is 20.3 Å². The fourth-order valence-corrected chi connectivity index (χ4v) is 2.70. The van der Waals surface area contributed by atoms with Crippen LogP contribution in [0.3, 0.4) is 0 Å². The second-order valence-corrected chi connectivity index (χ2v) is 6.26. The van der Waals surface area contributed by atoms with E-state index in [1.54, 1.807) is 0 Å². The number of nitrogens with two attached hydrogens (primary N) is 1. The molecule has 1 aliphatic rings. The molecular weight excluding hydrogens is 258 g/mol. The van der Waals surface area contributed by atoms with Crippen molar-refractivity contribution < 1.29 is 19.4 Å². The van der Waals surface area contributed by atoms with E-state index in [0.29, 0.717) is 13.0 Å². The molecule has 0 aromatic heterocycles. The molecule has 0 aliphatic carbocycles. The Balaban J connectivity index is 3.07. The maximum absolute atomic E-state index is 11.4. The standard InChI is InChI=1S/C15H27NO4/c1-5-19-14-10(7-6-8-17)11(15(2,3)4)9-12(20-14)13(16)18/h9-11,14,17H,5-8H2,1-4H3,(H2,16,18)/t10-,11+,14-/m1/s1. The van der Waals surface area contributed by atoms with E-state index in [1.807, 2.05) is 13.0 Å². The smallest absolute Gasteiger partial charge is 0.283 e. The summed E-state index contributed by atoms with van der Waals surface area (Å²) >= 11 is 0. The SMILES string of the molecule is CCO[C@@H]1OC(C(N)=O)=C[C@H](C(C)(C)C)[C@H]1CCCO. The van der Waals surface area contributed by atoms with E-state index < -0.39 is 12.2 Å². The van der Waals surface area contributed by atoms with Crippen LogP contribution in [0.4, 0.5) is 0 Å². The minimum absolute atomic E-state index is 0.0417. The first-order valence-electron chi connectivity index (χ1n) is 7.22. The number of allylic oxidation sites excluding steroid dienone is 1. The van der Waals surface area contributed by atoms with Gasteiger partial charge in [-0.3, -0.25) is 4.79 Å². The number of carbonyl (C=O) groups is 1. The molecule has 0 fully saturated rings. The number of hydrogen-bond acceptors (Lipinski definition) is 4. The van der Waals surface area contributed by atoms with E-state index in [2.05, 4.69) is 20.8 Å². The molecule has 0 aromatic rings. The Morgan fingerprint density at radius 1 is 1.50 bits per heavy atom. The largest absolute Gasteiger partial charge is 0.459 e. The highest BCUT2D eigenvalue weighted by Gasteiger charge is 2.41. The van der Waals surface area contributed by atoms with Gasteiger partial charge in [0.1, 0.15) is 0 Å². The fraction of sp³-hybridized carbons (Fsp3) is 0.800. The minimum atomic E-state index is -0.565. The van der Waals surface area contributed by atoms with E-state index >= 15 is 0 Å². The molecule has 1 aliphatic heterocycles. The van der Waals surface area contributed by atoms with E-state index in [-0.39, 0.29) is 29.6 Å². The van der Waals surface area contributed by atoms with Crippen molar-refractivity contribution in [2.75, 3.05) is 13.2 Å². The number of aliphatic hydroxyl groups excluding tert-OH is 1. The summed E-state index contributed by atoms with van der Waals surface area (Å²) in [6.07, 6.45) is 2.80. The Morgan fingerprint density at radius 3 is 2.60 bits per heavy atom. The Kier molecular flexibility index (Phi) is 6.02. The Bertz CT molecular complexity index is 359. The highest BCUT2D eigenvalue weighted by Crippen LogP contribution is 2.42. The molecule has 20 heavy (non-hydrogen) atoms. The fourth-order valence-electron chi connectivity index (χ4n) is 2.70. The van der Waals surface area contributed by atoms with Gasteiger partial charge in [-0.15, -0.1) is 0 Å². The van der Waals surface area contributed by atoms with Crippen LogP contribution in [0.15, 0.2) is 11.8 Å². The van der Waals surface area contributed by atoms with Crippen molar-refractivity contribution in [3.8, 4) is 0 Å². The van der Waals surface area contributed by atoms with Gasteiger partial charge in [0, 0.05) is 19.1 Å². The van der Waals surface area contributed by atoms with Crippen molar-refractivity contribution in [1.29, 1.82) is 0 Å². The molecule has 0 radical (unpaired) electrons. The van der Waals surface area contributed by atoms with Gasteiger partial charge in [0.2, 0.25) is 6.29 Å². The first-order chi connectivity index (χ1) is 9.31. The van der Waals surface area contributed by atoms with Gasteiger partial charge in [0.25, 0.3) is 5.91 Å². The molecule has 0 aromatic carbocycles. The zero-order chi connectivity index (χ0) is 15.3. The van der Waals surface area contributed by atoms with Crippen LogP contribution in [-0.4, -0.2) is 30.5 Å². The van der Waals surface area contributed by atoms with Crippen LogP contribution in [0.2, 0.25) is 0 Å². The molecule has 0 spiro atoms. The van der Waals surface area contributed by atoms with Crippen LogP contribution in [0, 0.1) is 17.3 Å². The van der Waals surface area contributed by atoms with Gasteiger partial charge in [-0.05, 0) is 37.2 Å². The number of hydrogen-bond donors (Lipinski definition) is 2. The predicted octanol–water partition coefficient (Wildman–Crippen LogP) is 1.80. The number of primary amides is 1. The van der Waals surface area contributed by atoms with Gasteiger partial charge in [-0.1, -0.05) is 20.8 Å². The average molecular weight is 285 g/mol.